The first-order chi connectivity index (χ1) is 25.2. The predicted molar refractivity (Wildman–Crippen MR) is 168 cm³/mol. The molecular formula is C33H46O20. The number of aliphatic carboxylic acids is 1. The van der Waals surface area contributed by atoms with Gasteiger partial charge in [0.1, 0.15) is 54.9 Å². The summed E-state index contributed by atoms with van der Waals surface area (Å²) in [6.07, 6.45) is -17.2. The highest BCUT2D eigenvalue weighted by Gasteiger charge is 2.55. The summed E-state index contributed by atoms with van der Waals surface area (Å²) in [6.45, 7) is 3.95. The van der Waals surface area contributed by atoms with Gasteiger partial charge in [0.15, 0.2) is 12.6 Å². The minimum absolute atomic E-state index is 0.0296. The van der Waals surface area contributed by atoms with Gasteiger partial charge in [-0.15, -0.1) is 6.58 Å². The number of aliphatic hydroxyl groups excluding tert-OH is 8. The Hall–Kier alpha value is -3.25. The highest BCUT2D eigenvalue weighted by atomic mass is 16.8. The zero-order chi connectivity index (χ0) is 38.9. The van der Waals surface area contributed by atoms with Gasteiger partial charge in [-0.2, -0.15) is 0 Å². The molecule has 53 heavy (non-hydrogen) atoms. The number of rotatable bonds is 12. The van der Waals surface area contributed by atoms with E-state index in [1.165, 1.54) is 6.08 Å². The van der Waals surface area contributed by atoms with Crippen LogP contribution < -0.4 is 0 Å². The Morgan fingerprint density at radius 1 is 0.792 bits per heavy atom. The number of carboxylic acid groups (broad SMARTS) is 1. The van der Waals surface area contributed by atoms with E-state index in [4.69, 9.17) is 37.9 Å². The number of aliphatic hydroxyl groups is 8. The topological polar surface area (TPSA) is 307 Å². The lowest BCUT2D eigenvalue weighted by molar-refractivity contribution is -0.342. The maximum Gasteiger partial charge on any atom is 0.337 e. The number of fused-ring (bicyclic) bond motifs is 1. The standard InChI is InChI=1S/C33H46O20/c1-4-12-13(6-20(36)37)15(9-47-30(12)52-32-26(42)24(40)22(38)18(7-34)50-32)29(45)49-17-5-14-16(28(44)46-3)10-48-31(21(14)11(17)2)53-33-27(43)25(41)23(39)19(8-35)51-33/h4,9-14,17-19,21-27,30-35,38-43H,1,5-8H2,2-3H3,(H,36,37). The Morgan fingerprint density at radius 2 is 1.32 bits per heavy atom. The zero-order valence-electron chi connectivity index (χ0n) is 28.7. The van der Waals surface area contributed by atoms with Gasteiger partial charge in [-0.05, 0) is 6.42 Å². The predicted octanol–water partition coefficient (Wildman–Crippen LogP) is -3.65. The second-order valence-corrected chi connectivity index (χ2v) is 13.6. The van der Waals surface area contributed by atoms with Crippen LogP contribution >= 0.6 is 0 Å². The normalized spacial score (nSPS) is 44.0. The number of ether oxygens (including phenoxy) is 8. The molecule has 4 aliphatic heterocycles. The van der Waals surface area contributed by atoms with Crippen LogP contribution in [0.5, 0.6) is 0 Å². The molecule has 0 aromatic carbocycles. The molecule has 9 N–H and O–H groups in total. The number of methoxy groups -OCH3 is 1. The summed E-state index contributed by atoms with van der Waals surface area (Å²) in [5, 5.41) is 90.6. The quantitative estimate of drug-likeness (QED) is 0.0684. The van der Waals surface area contributed by atoms with E-state index in [0.29, 0.717) is 0 Å². The molecule has 0 aromatic rings. The summed E-state index contributed by atoms with van der Waals surface area (Å²) in [5.41, 5.74) is -0.137. The summed E-state index contributed by atoms with van der Waals surface area (Å²) >= 11 is 0. The van der Waals surface area contributed by atoms with E-state index in [0.717, 1.165) is 19.6 Å². The second kappa shape index (κ2) is 17.0. The third-order valence-corrected chi connectivity index (χ3v) is 10.5. The van der Waals surface area contributed by atoms with Gasteiger partial charge >= 0.3 is 17.9 Å². The third kappa shape index (κ3) is 8.09. The monoisotopic (exact) mass is 762 g/mol. The Balaban J connectivity index is 1.35. The Kier molecular flexibility index (Phi) is 13.2. The van der Waals surface area contributed by atoms with E-state index in [2.05, 4.69) is 6.58 Å². The largest absolute Gasteiger partial charge is 0.481 e. The number of carbonyl (C=O) groups is 3. The van der Waals surface area contributed by atoms with Crippen molar-refractivity contribution in [2.45, 2.75) is 99.9 Å². The molecule has 20 nitrogen and oxygen atoms in total. The van der Waals surface area contributed by atoms with Crippen molar-refractivity contribution in [3.63, 3.8) is 0 Å². The number of hydrogen-bond acceptors (Lipinski definition) is 19. The molecule has 0 amide bonds. The lowest BCUT2D eigenvalue weighted by Gasteiger charge is -2.43. The Morgan fingerprint density at radius 3 is 1.83 bits per heavy atom. The molecule has 0 radical (unpaired) electrons. The van der Waals surface area contributed by atoms with Gasteiger partial charge < -0.3 is 83.9 Å². The molecular weight excluding hydrogens is 716 g/mol. The first-order valence-corrected chi connectivity index (χ1v) is 16.9. The van der Waals surface area contributed by atoms with Crippen LogP contribution in [-0.4, -0.2) is 164 Å². The van der Waals surface area contributed by atoms with Gasteiger partial charge in [0.25, 0.3) is 0 Å². The van der Waals surface area contributed by atoms with E-state index in [1.54, 1.807) is 6.92 Å². The van der Waals surface area contributed by atoms with Crippen molar-refractivity contribution < 1.29 is 98.2 Å². The van der Waals surface area contributed by atoms with Crippen LogP contribution in [0.2, 0.25) is 0 Å². The zero-order valence-corrected chi connectivity index (χ0v) is 28.7. The smallest absolute Gasteiger partial charge is 0.337 e. The SMILES string of the molecule is C=CC1C(OC2OC(CO)C(O)C(O)C2O)OC=C(C(=O)OC2CC3C(C(=O)OC)=COC(OC4OC(CO)C(O)C(O)C4O)C3C2C)C1CC(=O)O. The first kappa shape index (κ1) is 40.9. The lowest BCUT2D eigenvalue weighted by atomic mass is 9.81. The summed E-state index contributed by atoms with van der Waals surface area (Å²) < 4.78 is 44.7. The average molecular weight is 763 g/mol. The molecule has 1 aliphatic carbocycles. The third-order valence-electron chi connectivity index (χ3n) is 10.5. The van der Waals surface area contributed by atoms with Crippen molar-refractivity contribution in [1.82, 2.24) is 0 Å². The van der Waals surface area contributed by atoms with Gasteiger partial charge in [-0.1, -0.05) is 13.0 Å². The van der Waals surface area contributed by atoms with Crippen LogP contribution in [0.15, 0.2) is 36.3 Å². The van der Waals surface area contributed by atoms with Crippen LogP contribution in [0.3, 0.4) is 0 Å². The molecule has 0 aromatic heterocycles. The van der Waals surface area contributed by atoms with Crippen LogP contribution in [0.4, 0.5) is 0 Å². The fourth-order valence-corrected chi connectivity index (χ4v) is 7.50. The minimum Gasteiger partial charge on any atom is -0.481 e. The van der Waals surface area contributed by atoms with Gasteiger partial charge in [-0.3, -0.25) is 4.79 Å². The molecule has 298 valence electrons. The van der Waals surface area contributed by atoms with Crippen LogP contribution in [0, 0.1) is 29.6 Å². The first-order valence-electron chi connectivity index (χ1n) is 16.9. The van der Waals surface area contributed by atoms with Crippen molar-refractivity contribution in [2.75, 3.05) is 20.3 Å². The van der Waals surface area contributed by atoms with Crippen molar-refractivity contribution in [2.24, 2.45) is 29.6 Å². The number of hydrogen-bond donors (Lipinski definition) is 9. The molecule has 3 fully saturated rings. The molecule has 18 unspecified atom stereocenters. The van der Waals surface area contributed by atoms with Crippen LogP contribution in [-0.2, 0) is 52.3 Å². The number of carbonyl (C=O) groups excluding carboxylic acids is 2. The van der Waals surface area contributed by atoms with Crippen LogP contribution in [0.25, 0.3) is 0 Å². The summed E-state index contributed by atoms with van der Waals surface area (Å²) in [7, 11) is 1.16. The van der Waals surface area contributed by atoms with E-state index in [-0.39, 0.29) is 17.6 Å². The highest BCUT2D eigenvalue weighted by Crippen LogP contribution is 2.49. The molecule has 5 aliphatic rings. The number of carboxylic acids is 1. The molecule has 1 saturated carbocycles. The molecule has 2 saturated heterocycles. The van der Waals surface area contributed by atoms with E-state index in [9.17, 15) is 60.3 Å². The average Bonchev–Trinajstić information content (AvgIpc) is 3.46. The molecule has 18 atom stereocenters. The minimum atomic E-state index is -1.80. The fraction of sp³-hybridized carbons (Fsp3) is 0.727. The maximum absolute atomic E-state index is 13.8. The van der Waals surface area contributed by atoms with Crippen molar-refractivity contribution in [1.29, 1.82) is 0 Å². The van der Waals surface area contributed by atoms with Gasteiger partial charge in [-0.25, -0.2) is 9.59 Å². The van der Waals surface area contributed by atoms with E-state index >= 15 is 0 Å². The second-order valence-electron chi connectivity index (χ2n) is 13.6. The van der Waals surface area contributed by atoms with Crippen molar-refractivity contribution in [3.05, 3.63) is 36.3 Å². The molecule has 5 rings (SSSR count). The molecule has 0 bridgehead atoms. The Labute approximate surface area is 302 Å². The van der Waals surface area contributed by atoms with Crippen molar-refractivity contribution >= 4 is 17.9 Å². The highest BCUT2D eigenvalue weighted by molar-refractivity contribution is 5.90. The fourth-order valence-electron chi connectivity index (χ4n) is 7.50. The van der Waals surface area contributed by atoms with Gasteiger partial charge in [0, 0.05) is 29.6 Å². The van der Waals surface area contributed by atoms with Crippen LogP contribution in [0.1, 0.15) is 19.8 Å². The maximum atomic E-state index is 13.8. The van der Waals surface area contributed by atoms with Gasteiger partial charge in [0.05, 0.1) is 50.4 Å². The summed E-state index contributed by atoms with van der Waals surface area (Å²) in [5.74, 6) is -7.40. The molecule has 20 heteroatoms. The van der Waals surface area contributed by atoms with E-state index < -0.39 is 147 Å². The Bertz CT molecular complexity index is 1400. The van der Waals surface area contributed by atoms with E-state index in [1.807, 2.05) is 0 Å². The van der Waals surface area contributed by atoms with Gasteiger partial charge in [0.2, 0.25) is 12.6 Å². The molecule has 0 spiro atoms. The molecule has 4 heterocycles. The summed E-state index contributed by atoms with van der Waals surface area (Å²) in [4.78, 5) is 38.6. The lowest BCUT2D eigenvalue weighted by Crippen LogP contribution is -2.60. The summed E-state index contributed by atoms with van der Waals surface area (Å²) in [6, 6.07) is 0. The van der Waals surface area contributed by atoms with Crippen molar-refractivity contribution in [3.8, 4) is 0 Å². The number of esters is 2.